The molecule has 118 valence electrons. The van der Waals surface area contributed by atoms with Crippen LogP contribution in [0.4, 0.5) is 0 Å². The summed E-state index contributed by atoms with van der Waals surface area (Å²) < 4.78 is 7.25. The molecule has 1 amide bonds. The van der Waals surface area contributed by atoms with Gasteiger partial charge in [0.25, 0.3) is 5.91 Å². The predicted molar refractivity (Wildman–Crippen MR) is 80.4 cm³/mol. The zero-order valence-electron chi connectivity index (χ0n) is 13.4. The third-order valence-corrected chi connectivity index (χ3v) is 4.08. The van der Waals surface area contributed by atoms with Crippen molar-refractivity contribution in [3.05, 3.63) is 35.3 Å². The van der Waals surface area contributed by atoms with Crippen molar-refractivity contribution < 1.29 is 9.21 Å². The summed E-state index contributed by atoms with van der Waals surface area (Å²) in [6, 6.07) is 0.0824. The van der Waals surface area contributed by atoms with E-state index in [1.54, 1.807) is 6.26 Å². The smallest absolute Gasteiger partial charge is 0.258 e. The molecular formula is C15H21N5O2. The largest absolute Gasteiger partial charge is 0.471 e. The minimum absolute atomic E-state index is 0.00926. The first-order chi connectivity index (χ1) is 10.5. The van der Waals surface area contributed by atoms with Crippen molar-refractivity contribution in [1.82, 2.24) is 24.6 Å². The Morgan fingerprint density at radius 3 is 2.77 bits per heavy atom. The quantitative estimate of drug-likeness (QED) is 0.848. The van der Waals surface area contributed by atoms with E-state index in [9.17, 15) is 4.79 Å². The second kappa shape index (κ2) is 5.57. The minimum Gasteiger partial charge on any atom is -0.471 e. The van der Waals surface area contributed by atoms with Crippen LogP contribution in [-0.4, -0.2) is 57.2 Å². The molecule has 3 rings (SSSR count). The highest BCUT2D eigenvalue weighted by Gasteiger charge is 2.33. The number of rotatable bonds is 3. The molecule has 7 nitrogen and oxygen atoms in total. The van der Waals surface area contributed by atoms with Crippen LogP contribution in [0.5, 0.6) is 0 Å². The van der Waals surface area contributed by atoms with Gasteiger partial charge in [0.05, 0.1) is 24.4 Å². The van der Waals surface area contributed by atoms with Crippen LogP contribution in [0, 0.1) is 13.8 Å². The summed E-state index contributed by atoms with van der Waals surface area (Å²) in [6.07, 6.45) is 3.12. The lowest BCUT2D eigenvalue weighted by atomic mass is 10.1. The van der Waals surface area contributed by atoms with Gasteiger partial charge in [-0.25, -0.2) is 0 Å². The van der Waals surface area contributed by atoms with E-state index in [2.05, 4.69) is 19.7 Å². The Morgan fingerprint density at radius 2 is 2.14 bits per heavy atom. The second-order valence-electron chi connectivity index (χ2n) is 6.09. The summed E-state index contributed by atoms with van der Waals surface area (Å²) in [5.41, 5.74) is 1.48. The second-order valence-corrected chi connectivity index (χ2v) is 6.09. The molecule has 0 saturated carbocycles. The van der Waals surface area contributed by atoms with Gasteiger partial charge in [-0.15, -0.1) is 10.2 Å². The first-order valence-electron chi connectivity index (χ1n) is 7.34. The van der Waals surface area contributed by atoms with E-state index in [4.69, 9.17) is 4.42 Å². The summed E-state index contributed by atoms with van der Waals surface area (Å²) in [4.78, 5) is 16.9. The topological polar surface area (TPSA) is 67.4 Å². The number of furan rings is 1. The number of fused-ring (bicyclic) bond motifs is 1. The van der Waals surface area contributed by atoms with E-state index >= 15 is 0 Å². The monoisotopic (exact) mass is 303 g/mol. The minimum atomic E-state index is -0.00926. The van der Waals surface area contributed by atoms with Crippen LogP contribution in [0.25, 0.3) is 0 Å². The molecule has 0 N–H and O–H groups in total. The number of aryl methyl sites for hydroxylation is 2. The molecule has 1 aliphatic heterocycles. The van der Waals surface area contributed by atoms with Crippen LogP contribution >= 0.6 is 0 Å². The number of hydrogen-bond donors (Lipinski definition) is 0. The van der Waals surface area contributed by atoms with E-state index in [-0.39, 0.29) is 11.9 Å². The van der Waals surface area contributed by atoms with Crippen LogP contribution in [0.3, 0.4) is 0 Å². The third-order valence-electron chi connectivity index (χ3n) is 4.08. The molecule has 2 aromatic heterocycles. The van der Waals surface area contributed by atoms with Crippen LogP contribution in [0.2, 0.25) is 0 Å². The maximum atomic E-state index is 12.9. The van der Waals surface area contributed by atoms with Crippen LogP contribution in [0.15, 0.2) is 16.9 Å². The molecule has 0 aromatic carbocycles. The average Bonchev–Trinajstić information content (AvgIpc) is 3.04. The van der Waals surface area contributed by atoms with Gasteiger partial charge in [0.2, 0.25) is 0 Å². The molecule has 0 fully saturated rings. The van der Waals surface area contributed by atoms with Crippen molar-refractivity contribution in [2.45, 2.75) is 33.0 Å². The number of aromatic nitrogens is 3. The summed E-state index contributed by atoms with van der Waals surface area (Å²) >= 11 is 0. The molecule has 0 saturated heterocycles. The summed E-state index contributed by atoms with van der Waals surface area (Å²) in [6.45, 7) is 5.81. The van der Waals surface area contributed by atoms with E-state index in [1.807, 2.05) is 32.8 Å². The van der Waals surface area contributed by atoms with Gasteiger partial charge in [-0.2, -0.15) is 0 Å². The Kier molecular flexibility index (Phi) is 3.74. The van der Waals surface area contributed by atoms with Crippen molar-refractivity contribution in [1.29, 1.82) is 0 Å². The van der Waals surface area contributed by atoms with Gasteiger partial charge in [-0.05, 0) is 33.5 Å². The SMILES string of the molecule is Cc1cocc1C(=O)N1Cc2nnc(C)n2CC1CN(C)C. The Bertz CT molecular complexity index is 688. The van der Waals surface area contributed by atoms with E-state index in [0.717, 1.165) is 30.3 Å². The fourth-order valence-electron chi connectivity index (χ4n) is 2.92. The summed E-state index contributed by atoms with van der Waals surface area (Å²) in [7, 11) is 4.03. The fourth-order valence-corrected chi connectivity index (χ4v) is 2.92. The number of amides is 1. The Labute approximate surface area is 129 Å². The van der Waals surface area contributed by atoms with Gasteiger partial charge >= 0.3 is 0 Å². The van der Waals surface area contributed by atoms with Crippen molar-refractivity contribution in [3.63, 3.8) is 0 Å². The molecule has 1 atom stereocenters. The van der Waals surface area contributed by atoms with E-state index < -0.39 is 0 Å². The summed E-state index contributed by atoms with van der Waals surface area (Å²) in [5.74, 6) is 1.72. The number of carbonyl (C=O) groups is 1. The molecule has 22 heavy (non-hydrogen) atoms. The highest BCUT2D eigenvalue weighted by atomic mass is 16.3. The van der Waals surface area contributed by atoms with Gasteiger partial charge in [-0.1, -0.05) is 0 Å². The van der Waals surface area contributed by atoms with Gasteiger partial charge < -0.3 is 18.8 Å². The number of nitrogens with zero attached hydrogens (tertiary/aromatic N) is 5. The molecule has 7 heteroatoms. The molecule has 0 bridgehead atoms. The van der Waals surface area contributed by atoms with Crippen molar-refractivity contribution in [2.75, 3.05) is 20.6 Å². The first kappa shape index (κ1) is 14.8. The van der Waals surface area contributed by atoms with Gasteiger partial charge in [-0.3, -0.25) is 4.79 Å². The molecule has 1 unspecified atom stereocenters. The van der Waals surface area contributed by atoms with Crippen molar-refractivity contribution >= 4 is 5.91 Å². The number of likely N-dealkylation sites (N-methyl/N-ethyl adjacent to an activating group) is 1. The average molecular weight is 303 g/mol. The fraction of sp³-hybridized carbons (Fsp3) is 0.533. The molecule has 2 aromatic rings. The third kappa shape index (κ3) is 2.52. The van der Waals surface area contributed by atoms with Crippen LogP contribution in [0.1, 0.15) is 27.6 Å². The standard InChI is InChI=1S/C15H21N5O2/c1-10-8-22-9-13(10)15(21)20-7-14-17-16-11(2)19(14)6-12(20)5-18(3)4/h8-9,12H,5-7H2,1-4H3. The zero-order valence-corrected chi connectivity index (χ0v) is 13.4. The molecular weight excluding hydrogens is 282 g/mol. The maximum Gasteiger partial charge on any atom is 0.258 e. The van der Waals surface area contributed by atoms with Gasteiger partial charge in [0, 0.05) is 13.1 Å². The molecule has 3 heterocycles. The lowest BCUT2D eigenvalue weighted by Gasteiger charge is -2.37. The van der Waals surface area contributed by atoms with Crippen molar-refractivity contribution in [3.8, 4) is 0 Å². The number of carbonyl (C=O) groups excluding carboxylic acids is 1. The highest BCUT2D eigenvalue weighted by molar-refractivity contribution is 5.95. The van der Waals surface area contributed by atoms with Gasteiger partial charge in [0.1, 0.15) is 12.1 Å². The van der Waals surface area contributed by atoms with E-state index in [1.165, 1.54) is 6.26 Å². The Morgan fingerprint density at radius 1 is 1.36 bits per heavy atom. The Balaban J connectivity index is 1.93. The maximum absolute atomic E-state index is 12.9. The molecule has 0 aliphatic carbocycles. The first-order valence-corrected chi connectivity index (χ1v) is 7.34. The lowest BCUT2D eigenvalue weighted by molar-refractivity contribution is 0.0541. The molecule has 1 aliphatic rings. The van der Waals surface area contributed by atoms with Crippen LogP contribution < -0.4 is 0 Å². The molecule has 0 radical (unpaired) electrons. The van der Waals surface area contributed by atoms with E-state index in [0.29, 0.717) is 12.1 Å². The highest BCUT2D eigenvalue weighted by Crippen LogP contribution is 2.22. The Hall–Kier alpha value is -2.15. The van der Waals surface area contributed by atoms with Crippen molar-refractivity contribution in [2.24, 2.45) is 0 Å². The zero-order chi connectivity index (χ0) is 15.9. The summed E-state index contributed by atoms with van der Waals surface area (Å²) in [5, 5.41) is 8.32. The number of hydrogen-bond acceptors (Lipinski definition) is 5. The van der Waals surface area contributed by atoms with Crippen LogP contribution in [-0.2, 0) is 13.1 Å². The lowest BCUT2D eigenvalue weighted by Crippen LogP contribution is -2.51. The predicted octanol–water partition coefficient (Wildman–Crippen LogP) is 1.07. The van der Waals surface area contributed by atoms with Gasteiger partial charge in [0.15, 0.2) is 5.82 Å². The molecule has 0 spiro atoms. The normalized spacial score (nSPS) is 17.9.